The second-order valence-corrected chi connectivity index (χ2v) is 2.39. The zero-order valence-corrected chi connectivity index (χ0v) is 8.76. The molecule has 0 unspecified atom stereocenters. The minimum absolute atomic E-state index is 0.877. The highest BCUT2D eigenvalue weighted by Gasteiger charge is 1.96. The SMILES string of the molecule is C=C/C(C)=C\c1n[nH]nc1C.CC. The lowest BCUT2D eigenvalue weighted by molar-refractivity contribution is 0.926. The Labute approximate surface area is 79.6 Å². The molecular formula is C10H17N3. The van der Waals surface area contributed by atoms with Gasteiger partial charge in [-0.05, 0) is 25.5 Å². The van der Waals surface area contributed by atoms with Crippen molar-refractivity contribution in [2.24, 2.45) is 0 Å². The molecule has 13 heavy (non-hydrogen) atoms. The van der Waals surface area contributed by atoms with Gasteiger partial charge < -0.3 is 0 Å². The molecule has 0 amide bonds. The van der Waals surface area contributed by atoms with Crippen LogP contribution in [0.2, 0.25) is 0 Å². The van der Waals surface area contributed by atoms with E-state index in [0.29, 0.717) is 0 Å². The molecule has 0 aliphatic heterocycles. The average Bonchev–Trinajstić information content (AvgIpc) is 2.55. The smallest absolute Gasteiger partial charge is 0.108 e. The zero-order chi connectivity index (χ0) is 10.3. The number of allylic oxidation sites excluding steroid dienone is 2. The molecule has 0 aliphatic carbocycles. The molecule has 0 saturated heterocycles. The van der Waals surface area contributed by atoms with Gasteiger partial charge in [-0.3, -0.25) is 0 Å². The Balaban J connectivity index is 0.000000671. The molecule has 0 radical (unpaired) electrons. The molecule has 1 aromatic heterocycles. The molecule has 0 atom stereocenters. The molecule has 1 aromatic rings. The van der Waals surface area contributed by atoms with Crippen LogP contribution in [0.15, 0.2) is 18.2 Å². The van der Waals surface area contributed by atoms with E-state index in [-0.39, 0.29) is 0 Å². The van der Waals surface area contributed by atoms with E-state index in [9.17, 15) is 0 Å². The Kier molecular flexibility index (Phi) is 5.52. The molecule has 1 heterocycles. The maximum Gasteiger partial charge on any atom is 0.108 e. The van der Waals surface area contributed by atoms with Gasteiger partial charge in [0.05, 0.1) is 5.69 Å². The number of hydrogen-bond donors (Lipinski definition) is 1. The summed E-state index contributed by atoms with van der Waals surface area (Å²) in [7, 11) is 0. The van der Waals surface area contributed by atoms with Crippen molar-refractivity contribution in [3.05, 3.63) is 29.6 Å². The number of nitrogens with one attached hydrogen (secondary N) is 1. The number of rotatable bonds is 2. The fourth-order valence-electron chi connectivity index (χ4n) is 0.703. The number of aromatic amines is 1. The predicted molar refractivity (Wildman–Crippen MR) is 56.3 cm³/mol. The Hall–Kier alpha value is -1.38. The number of hydrogen-bond acceptors (Lipinski definition) is 2. The van der Waals surface area contributed by atoms with Crippen molar-refractivity contribution in [1.82, 2.24) is 15.4 Å². The maximum absolute atomic E-state index is 3.94. The lowest BCUT2D eigenvalue weighted by atomic mass is 10.2. The van der Waals surface area contributed by atoms with Gasteiger partial charge >= 0.3 is 0 Å². The molecule has 0 aliphatic rings. The molecule has 1 N–H and O–H groups in total. The van der Waals surface area contributed by atoms with E-state index < -0.39 is 0 Å². The van der Waals surface area contributed by atoms with Crippen molar-refractivity contribution in [3.8, 4) is 0 Å². The number of H-pyrrole nitrogens is 1. The molecule has 3 nitrogen and oxygen atoms in total. The van der Waals surface area contributed by atoms with Crippen molar-refractivity contribution in [1.29, 1.82) is 0 Å². The zero-order valence-electron chi connectivity index (χ0n) is 8.76. The Morgan fingerprint density at radius 2 is 2.00 bits per heavy atom. The normalized spacial score (nSPS) is 10.3. The number of aromatic nitrogens is 3. The summed E-state index contributed by atoms with van der Waals surface area (Å²) in [6.45, 7) is 11.5. The van der Waals surface area contributed by atoms with Crippen molar-refractivity contribution in [3.63, 3.8) is 0 Å². The van der Waals surface area contributed by atoms with Crippen LogP contribution in [0.5, 0.6) is 0 Å². The maximum atomic E-state index is 3.94. The molecule has 1 rings (SSSR count). The molecule has 0 fully saturated rings. The Morgan fingerprint density at radius 3 is 2.38 bits per heavy atom. The van der Waals surface area contributed by atoms with Gasteiger partial charge in [0.15, 0.2) is 0 Å². The van der Waals surface area contributed by atoms with Gasteiger partial charge in [0.25, 0.3) is 0 Å². The van der Waals surface area contributed by atoms with Crippen LogP contribution >= 0.6 is 0 Å². The second-order valence-electron chi connectivity index (χ2n) is 2.39. The van der Waals surface area contributed by atoms with Gasteiger partial charge in [-0.25, -0.2) is 0 Å². The lowest BCUT2D eigenvalue weighted by Gasteiger charge is -1.88. The predicted octanol–water partition coefficient (Wildman–Crippen LogP) is 2.73. The number of aryl methyl sites for hydroxylation is 1. The van der Waals surface area contributed by atoms with Gasteiger partial charge in [-0.1, -0.05) is 26.5 Å². The third-order valence-corrected chi connectivity index (χ3v) is 1.45. The summed E-state index contributed by atoms with van der Waals surface area (Å²) in [6, 6.07) is 0. The quantitative estimate of drug-likeness (QED) is 0.709. The van der Waals surface area contributed by atoms with E-state index in [1.165, 1.54) is 0 Å². The fourth-order valence-corrected chi connectivity index (χ4v) is 0.703. The molecular weight excluding hydrogens is 162 g/mol. The van der Waals surface area contributed by atoms with E-state index in [1.54, 1.807) is 6.08 Å². The van der Waals surface area contributed by atoms with Crippen LogP contribution in [0.3, 0.4) is 0 Å². The standard InChI is InChI=1S/C8H11N3.C2H6/c1-4-6(2)5-8-7(3)9-11-10-8;1-2/h4-5H,1H2,2-3H3,(H,9,10,11);1-2H3/b6-5-;. The summed E-state index contributed by atoms with van der Waals surface area (Å²) in [5, 5.41) is 10.4. The van der Waals surface area contributed by atoms with Gasteiger partial charge in [0, 0.05) is 0 Å². The highest BCUT2D eigenvalue weighted by Crippen LogP contribution is 2.05. The van der Waals surface area contributed by atoms with E-state index in [1.807, 2.05) is 33.8 Å². The highest BCUT2D eigenvalue weighted by atomic mass is 15.3. The largest absolute Gasteiger partial charge is 0.197 e. The van der Waals surface area contributed by atoms with E-state index >= 15 is 0 Å². The highest BCUT2D eigenvalue weighted by molar-refractivity contribution is 5.52. The summed E-state index contributed by atoms with van der Waals surface area (Å²) in [4.78, 5) is 0. The first kappa shape index (κ1) is 11.6. The van der Waals surface area contributed by atoms with Crippen LogP contribution in [0.1, 0.15) is 32.2 Å². The first-order valence-corrected chi connectivity index (χ1v) is 4.42. The van der Waals surface area contributed by atoms with E-state index in [2.05, 4.69) is 22.0 Å². The monoisotopic (exact) mass is 179 g/mol. The van der Waals surface area contributed by atoms with Crippen LogP contribution in [0.4, 0.5) is 0 Å². The first-order valence-electron chi connectivity index (χ1n) is 4.42. The molecule has 0 bridgehead atoms. The molecule has 0 saturated carbocycles. The van der Waals surface area contributed by atoms with Crippen LogP contribution in [0.25, 0.3) is 6.08 Å². The van der Waals surface area contributed by atoms with Crippen LogP contribution < -0.4 is 0 Å². The second kappa shape index (κ2) is 6.17. The third kappa shape index (κ3) is 3.69. The van der Waals surface area contributed by atoms with Crippen LogP contribution in [-0.4, -0.2) is 15.4 Å². The van der Waals surface area contributed by atoms with Crippen molar-refractivity contribution >= 4 is 6.08 Å². The summed E-state index contributed by atoms with van der Waals surface area (Å²) in [5.74, 6) is 0. The summed E-state index contributed by atoms with van der Waals surface area (Å²) >= 11 is 0. The van der Waals surface area contributed by atoms with Crippen molar-refractivity contribution in [2.75, 3.05) is 0 Å². The first-order chi connectivity index (χ1) is 6.24. The van der Waals surface area contributed by atoms with Crippen molar-refractivity contribution in [2.45, 2.75) is 27.7 Å². The van der Waals surface area contributed by atoms with Gasteiger partial charge in [0.2, 0.25) is 0 Å². The summed E-state index contributed by atoms with van der Waals surface area (Å²) in [6.07, 6.45) is 3.72. The van der Waals surface area contributed by atoms with Gasteiger partial charge in [-0.2, -0.15) is 15.4 Å². The number of nitrogens with zero attached hydrogens (tertiary/aromatic N) is 2. The van der Waals surface area contributed by atoms with Crippen molar-refractivity contribution < 1.29 is 0 Å². The molecule has 0 aromatic carbocycles. The third-order valence-electron chi connectivity index (χ3n) is 1.45. The topological polar surface area (TPSA) is 41.6 Å². The molecule has 72 valence electrons. The van der Waals surface area contributed by atoms with Crippen LogP contribution in [0, 0.1) is 6.92 Å². The molecule has 3 heteroatoms. The summed E-state index contributed by atoms with van der Waals surface area (Å²) in [5.41, 5.74) is 2.87. The van der Waals surface area contributed by atoms with Gasteiger partial charge in [-0.15, -0.1) is 0 Å². The Morgan fingerprint density at radius 1 is 1.38 bits per heavy atom. The van der Waals surface area contributed by atoms with E-state index in [4.69, 9.17) is 0 Å². The Bertz CT molecular complexity index is 284. The average molecular weight is 179 g/mol. The van der Waals surface area contributed by atoms with E-state index in [0.717, 1.165) is 17.0 Å². The van der Waals surface area contributed by atoms with Crippen LogP contribution in [-0.2, 0) is 0 Å². The minimum Gasteiger partial charge on any atom is -0.197 e. The molecule has 0 spiro atoms. The minimum atomic E-state index is 0.877. The van der Waals surface area contributed by atoms with Gasteiger partial charge in [0.1, 0.15) is 5.69 Å². The lowest BCUT2D eigenvalue weighted by Crippen LogP contribution is -1.77. The summed E-state index contributed by atoms with van der Waals surface area (Å²) < 4.78 is 0. The fraction of sp³-hybridized carbons (Fsp3) is 0.400.